The number of furan rings is 1. The normalized spacial score (nSPS) is 10.9. The molecule has 0 saturated carbocycles. The van der Waals surface area contributed by atoms with Crippen molar-refractivity contribution in [1.29, 1.82) is 0 Å². The quantitative estimate of drug-likeness (QED) is 0.736. The van der Waals surface area contributed by atoms with Crippen LogP contribution in [0, 0.1) is 6.92 Å². The van der Waals surface area contributed by atoms with Gasteiger partial charge in [-0.2, -0.15) is 0 Å². The number of nitrogens with zero attached hydrogens (tertiary/aromatic N) is 1. The monoisotopic (exact) mass is 362 g/mol. The van der Waals surface area contributed by atoms with Gasteiger partial charge in [-0.1, -0.05) is 0 Å². The topological polar surface area (TPSA) is 62.6 Å². The van der Waals surface area contributed by atoms with E-state index in [9.17, 15) is 9.59 Å². The van der Waals surface area contributed by atoms with Crippen LogP contribution in [0.15, 0.2) is 34.9 Å². The van der Waals surface area contributed by atoms with E-state index < -0.39 is 0 Å². The van der Waals surface area contributed by atoms with Gasteiger partial charge < -0.3 is 14.6 Å². The predicted octanol–water partition coefficient (Wildman–Crippen LogP) is 3.87. The molecule has 6 heteroatoms. The van der Waals surface area contributed by atoms with E-state index in [-0.39, 0.29) is 17.9 Å². The Bertz CT molecular complexity index is 677. The minimum atomic E-state index is -0.00531. The van der Waals surface area contributed by atoms with E-state index in [1.54, 1.807) is 22.5 Å². The third-order valence-electron chi connectivity index (χ3n) is 3.67. The maximum absolute atomic E-state index is 12.6. The van der Waals surface area contributed by atoms with Crippen LogP contribution >= 0.6 is 11.3 Å². The number of amides is 2. The molecule has 2 aromatic rings. The second kappa shape index (κ2) is 9.42. The Kier molecular flexibility index (Phi) is 7.25. The van der Waals surface area contributed by atoms with Crippen molar-refractivity contribution in [3.63, 3.8) is 0 Å². The highest BCUT2D eigenvalue weighted by atomic mass is 32.1. The first-order valence-corrected chi connectivity index (χ1v) is 9.40. The molecule has 0 aliphatic rings. The number of rotatable bonds is 9. The van der Waals surface area contributed by atoms with E-state index in [4.69, 9.17) is 4.42 Å². The van der Waals surface area contributed by atoms with Crippen LogP contribution in [0.4, 0.5) is 0 Å². The van der Waals surface area contributed by atoms with E-state index in [1.807, 2.05) is 26.0 Å². The molecule has 0 spiro atoms. The summed E-state index contributed by atoms with van der Waals surface area (Å²) in [6.07, 6.45) is 2.90. The molecule has 0 aliphatic carbocycles. The average molecular weight is 362 g/mol. The molecule has 0 bridgehead atoms. The molecule has 1 N–H and O–H groups in total. The van der Waals surface area contributed by atoms with Gasteiger partial charge in [0.1, 0.15) is 5.76 Å². The zero-order valence-electron chi connectivity index (χ0n) is 15.1. The van der Waals surface area contributed by atoms with Crippen molar-refractivity contribution in [1.82, 2.24) is 10.2 Å². The molecule has 2 amide bonds. The zero-order chi connectivity index (χ0) is 18.2. The van der Waals surface area contributed by atoms with Gasteiger partial charge in [0.25, 0.3) is 0 Å². The molecule has 0 unspecified atom stereocenters. The van der Waals surface area contributed by atoms with Gasteiger partial charge in [-0.25, -0.2) is 0 Å². The molecule has 5 nitrogen and oxygen atoms in total. The van der Waals surface area contributed by atoms with E-state index >= 15 is 0 Å². The highest BCUT2D eigenvalue weighted by Crippen LogP contribution is 2.19. The molecule has 0 fully saturated rings. The minimum absolute atomic E-state index is 0.00531. The number of hydrogen-bond donors (Lipinski definition) is 1. The lowest BCUT2D eigenvalue weighted by atomic mass is 10.2. The van der Waals surface area contributed by atoms with E-state index in [0.717, 1.165) is 10.6 Å². The van der Waals surface area contributed by atoms with Crippen molar-refractivity contribution in [2.45, 2.75) is 59.2 Å². The SMILES string of the molecule is Cc1ccc(CN(Cc2ccco2)C(=O)CCCC(=O)NC(C)C)s1. The second-order valence-electron chi connectivity index (χ2n) is 6.42. The zero-order valence-corrected chi connectivity index (χ0v) is 15.9. The number of hydrogen-bond acceptors (Lipinski definition) is 4. The summed E-state index contributed by atoms with van der Waals surface area (Å²) in [5, 5.41) is 2.85. The van der Waals surface area contributed by atoms with Gasteiger partial charge in [-0.15, -0.1) is 11.3 Å². The Balaban J connectivity index is 1.91. The van der Waals surface area contributed by atoms with Gasteiger partial charge >= 0.3 is 0 Å². The molecule has 2 rings (SSSR count). The fraction of sp³-hybridized carbons (Fsp3) is 0.474. The van der Waals surface area contributed by atoms with Crippen LogP contribution in [0.5, 0.6) is 0 Å². The molecule has 0 saturated heterocycles. The maximum Gasteiger partial charge on any atom is 0.223 e. The summed E-state index contributed by atoms with van der Waals surface area (Å²) in [6.45, 7) is 6.92. The highest BCUT2D eigenvalue weighted by molar-refractivity contribution is 7.11. The molecule has 2 aromatic heterocycles. The fourth-order valence-corrected chi connectivity index (χ4v) is 3.44. The summed E-state index contributed by atoms with van der Waals surface area (Å²) in [5.41, 5.74) is 0. The molecular weight excluding hydrogens is 336 g/mol. The maximum atomic E-state index is 12.6. The van der Waals surface area contributed by atoms with Crippen LogP contribution in [0.25, 0.3) is 0 Å². The van der Waals surface area contributed by atoms with Gasteiger partial charge in [-0.05, 0) is 51.5 Å². The first-order valence-electron chi connectivity index (χ1n) is 8.59. The number of nitrogens with one attached hydrogen (secondary N) is 1. The van der Waals surface area contributed by atoms with Crippen LogP contribution in [-0.2, 0) is 22.7 Å². The summed E-state index contributed by atoms with van der Waals surface area (Å²) in [4.78, 5) is 28.5. The summed E-state index contributed by atoms with van der Waals surface area (Å²) < 4.78 is 5.39. The number of thiophene rings is 1. The Morgan fingerprint density at radius 1 is 1.20 bits per heavy atom. The standard InChI is InChI=1S/C19H26N2O3S/c1-14(2)20-18(22)7-4-8-19(23)21(12-16-6-5-11-24-16)13-17-10-9-15(3)25-17/h5-6,9-11,14H,4,7-8,12-13H2,1-3H3,(H,20,22). The van der Waals surface area contributed by atoms with E-state index in [1.165, 1.54) is 4.88 Å². The first kappa shape index (κ1) is 19.2. The van der Waals surface area contributed by atoms with Gasteiger partial charge in [0.2, 0.25) is 11.8 Å². The third kappa shape index (κ3) is 6.74. The first-order chi connectivity index (χ1) is 11.9. The van der Waals surface area contributed by atoms with Crippen molar-refractivity contribution in [3.05, 3.63) is 46.0 Å². The van der Waals surface area contributed by atoms with Crippen molar-refractivity contribution >= 4 is 23.2 Å². The molecular formula is C19H26N2O3S. The largest absolute Gasteiger partial charge is 0.467 e. The van der Waals surface area contributed by atoms with Crippen molar-refractivity contribution in [2.24, 2.45) is 0 Å². The number of carbonyl (C=O) groups is 2. The lowest BCUT2D eigenvalue weighted by molar-refractivity contribution is -0.132. The molecule has 136 valence electrons. The minimum Gasteiger partial charge on any atom is -0.467 e. The smallest absolute Gasteiger partial charge is 0.223 e. The second-order valence-corrected chi connectivity index (χ2v) is 7.79. The highest BCUT2D eigenvalue weighted by Gasteiger charge is 2.17. The van der Waals surface area contributed by atoms with Gasteiger partial charge in [0, 0.05) is 28.6 Å². The van der Waals surface area contributed by atoms with Gasteiger partial charge in [0.15, 0.2) is 0 Å². The van der Waals surface area contributed by atoms with Gasteiger partial charge in [-0.3, -0.25) is 9.59 Å². The molecule has 0 aliphatic heterocycles. The Hall–Kier alpha value is -2.08. The Morgan fingerprint density at radius 3 is 2.60 bits per heavy atom. The molecule has 2 heterocycles. The van der Waals surface area contributed by atoms with Crippen LogP contribution in [-0.4, -0.2) is 22.8 Å². The number of carbonyl (C=O) groups excluding carboxylic acids is 2. The summed E-state index contributed by atoms with van der Waals surface area (Å²) in [6, 6.07) is 7.94. The Morgan fingerprint density at radius 2 is 2.00 bits per heavy atom. The van der Waals surface area contributed by atoms with E-state index in [2.05, 4.69) is 24.4 Å². The average Bonchev–Trinajstić information content (AvgIpc) is 3.17. The van der Waals surface area contributed by atoms with Crippen LogP contribution in [0.1, 0.15) is 48.6 Å². The fourth-order valence-electron chi connectivity index (χ4n) is 2.53. The van der Waals surface area contributed by atoms with Crippen LogP contribution in [0.3, 0.4) is 0 Å². The van der Waals surface area contributed by atoms with Crippen molar-refractivity contribution in [3.8, 4) is 0 Å². The lowest BCUT2D eigenvalue weighted by Gasteiger charge is -2.21. The van der Waals surface area contributed by atoms with Crippen LogP contribution < -0.4 is 5.32 Å². The number of aryl methyl sites for hydroxylation is 1. The molecule has 0 atom stereocenters. The predicted molar refractivity (Wildman–Crippen MR) is 99.1 cm³/mol. The van der Waals surface area contributed by atoms with E-state index in [0.29, 0.717) is 32.4 Å². The molecule has 25 heavy (non-hydrogen) atoms. The lowest BCUT2D eigenvalue weighted by Crippen LogP contribution is -2.31. The van der Waals surface area contributed by atoms with Gasteiger partial charge in [0.05, 0.1) is 19.4 Å². The summed E-state index contributed by atoms with van der Waals surface area (Å²) in [7, 11) is 0. The molecule has 0 radical (unpaired) electrons. The summed E-state index contributed by atoms with van der Waals surface area (Å²) >= 11 is 1.69. The van der Waals surface area contributed by atoms with Crippen molar-refractivity contribution in [2.75, 3.05) is 0 Å². The third-order valence-corrected chi connectivity index (χ3v) is 4.65. The Labute approximate surface area is 153 Å². The van der Waals surface area contributed by atoms with Crippen molar-refractivity contribution < 1.29 is 14.0 Å². The summed E-state index contributed by atoms with van der Waals surface area (Å²) in [5.74, 6) is 0.799. The van der Waals surface area contributed by atoms with Crippen LogP contribution in [0.2, 0.25) is 0 Å². The molecule has 0 aromatic carbocycles.